The van der Waals surface area contributed by atoms with E-state index in [4.69, 9.17) is 5.73 Å². The highest BCUT2D eigenvalue weighted by molar-refractivity contribution is 9.10. The van der Waals surface area contributed by atoms with E-state index in [1.165, 1.54) is 4.88 Å². The minimum atomic E-state index is 0.00144. The van der Waals surface area contributed by atoms with Gasteiger partial charge in [0.25, 0.3) is 0 Å². The predicted octanol–water partition coefficient (Wildman–Crippen LogP) is 2.45. The third-order valence-electron chi connectivity index (χ3n) is 1.83. The molecule has 12 heavy (non-hydrogen) atoms. The summed E-state index contributed by atoms with van der Waals surface area (Å²) in [5, 5.41) is 1.11. The zero-order chi connectivity index (χ0) is 9.35. The molecule has 2 nitrogen and oxygen atoms in total. The molecule has 0 aliphatic carbocycles. The SMILES string of the molecule is Cc1sc(C(C)(C)CN)nc1Br. The zero-order valence-corrected chi connectivity index (χ0v) is 9.92. The minimum Gasteiger partial charge on any atom is -0.330 e. The Hall–Kier alpha value is 0.0700. The normalized spacial score (nSPS) is 12.1. The van der Waals surface area contributed by atoms with Crippen molar-refractivity contribution >= 4 is 27.3 Å². The Bertz CT molecular complexity index is 261. The van der Waals surface area contributed by atoms with Crippen LogP contribution in [0.25, 0.3) is 0 Å². The molecule has 4 heteroatoms. The molecule has 2 N–H and O–H groups in total. The molecule has 0 spiro atoms. The van der Waals surface area contributed by atoms with Crippen molar-refractivity contribution < 1.29 is 0 Å². The molecular formula is C8H13BrN2S. The molecule has 0 saturated heterocycles. The molecule has 0 fully saturated rings. The summed E-state index contributed by atoms with van der Waals surface area (Å²) in [5.41, 5.74) is 5.65. The second-order valence-corrected chi connectivity index (χ2v) is 5.41. The first-order chi connectivity index (χ1) is 5.47. The minimum absolute atomic E-state index is 0.00144. The monoisotopic (exact) mass is 248 g/mol. The Balaban J connectivity index is 3.04. The van der Waals surface area contributed by atoms with Crippen LogP contribution in [0.4, 0.5) is 0 Å². The maximum Gasteiger partial charge on any atom is 0.120 e. The summed E-state index contributed by atoms with van der Waals surface area (Å²) >= 11 is 5.10. The van der Waals surface area contributed by atoms with E-state index in [1.54, 1.807) is 11.3 Å². The Labute approximate surface area is 85.3 Å². The van der Waals surface area contributed by atoms with E-state index in [1.807, 2.05) is 0 Å². The summed E-state index contributed by atoms with van der Waals surface area (Å²) in [6.45, 7) is 6.90. The van der Waals surface area contributed by atoms with E-state index in [0.717, 1.165) is 9.61 Å². The molecular weight excluding hydrogens is 236 g/mol. The Morgan fingerprint density at radius 2 is 2.17 bits per heavy atom. The van der Waals surface area contributed by atoms with Crippen LogP contribution in [0.15, 0.2) is 4.60 Å². The van der Waals surface area contributed by atoms with Gasteiger partial charge in [-0.25, -0.2) is 4.98 Å². The summed E-state index contributed by atoms with van der Waals surface area (Å²) in [6, 6.07) is 0. The summed E-state index contributed by atoms with van der Waals surface area (Å²) in [4.78, 5) is 5.62. The fraction of sp³-hybridized carbons (Fsp3) is 0.625. The third kappa shape index (κ3) is 1.87. The van der Waals surface area contributed by atoms with Crippen LogP contribution in [0.2, 0.25) is 0 Å². The maximum atomic E-state index is 5.65. The number of hydrogen-bond donors (Lipinski definition) is 1. The van der Waals surface area contributed by atoms with Crippen molar-refractivity contribution in [2.45, 2.75) is 26.2 Å². The lowest BCUT2D eigenvalue weighted by molar-refractivity contribution is 0.534. The second kappa shape index (κ2) is 3.44. The molecule has 0 aromatic carbocycles. The van der Waals surface area contributed by atoms with Gasteiger partial charge in [0, 0.05) is 16.8 Å². The zero-order valence-electron chi connectivity index (χ0n) is 7.52. The van der Waals surface area contributed by atoms with Crippen molar-refractivity contribution in [2.75, 3.05) is 6.54 Å². The van der Waals surface area contributed by atoms with E-state index < -0.39 is 0 Å². The van der Waals surface area contributed by atoms with Crippen LogP contribution >= 0.6 is 27.3 Å². The van der Waals surface area contributed by atoms with Crippen LogP contribution in [0.5, 0.6) is 0 Å². The van der Waals surface area contributed by atoms with Gasteiger partial charge in [-0.05, 0) is 22.9 Å². The lowest BCUT2D eigenvalue weighted by atomic mass is 9.95. The summed E-state index contributed by atoms with van der Waals surface area (Å²) in [5.74, 6) is 0. The van der Waals surface area contributed by atoms with Gasteiger partial charge in [0.15, 0.2) is 0 Å². The molecule has 0 saturated carbocycles. The number of aromatic nitrogens is 1. The van der Waals surface area contributed by atoms with Crippen molar-refractivity contribution in [1.82, 2.24) is 4.98 Å². The quantitative estimate of drug-likeness (QED) is 0.874. The lowest BCUT2D eigenvalue weighted by Gasteiger charge is -2.18. The van der Waals surface area contributed by atoms with Crippen LogP contribution in [0.3, 0.4) is 0 Å². The smallest absolute Gasteiger partial charge is 0.120 e. The molecule has 1 heterocycles. The number of hydrogen-bond acceptors (Lipinski definition) is 3. The van der Waals surface area contributed by atoms with Gasteiger partial charge >= 0.3 is 0 Å². The van der Waals surface area contributed by atoms with Gasteiger partial charge in [-0.3, -0.25) is 0 Å². The highest BCUT2D eigenvalue weighted by Gasteiger charge is 2.23. The molecule has 0 bridgehead atoms. The van der Waals surface area contributed by atoms with Crippen LogP contribution in [-0.4, -0.2) is 11.5 Å². The van der Waals surface area contributed by atoms with Crippen LogP contribution in [0, 0.1) is 6.92 Å². The van der Waals surface area contributed by atoms with Crippen LogP contribution in [-0.2, 0) is 5.41 Å². The number of aryl methyl sites for hydroxylation is 1. The van der Waals surface area contributed by atoms with Crippen molar-refractivity contribution in [3.05, 3.63) is 14.5 Å². The Morgan fingerprint density at radius 1 is 1.58 bits per heavy atom. The van der Waals surface area contributed by atoms with Crippen LogP contribution in [0.1, 0.15) is 23.7 Å². The van der Waals surface area contributed by atoms with Gasteiger partial charge in [0.05, 0.1) is 0 Å². The van der Waals surface area contributed by atoms with Gasteiger partial charge in [-0.1, -0.05) is 13.8 Å². The lowest BCUT2D eigenvalue weighted by Crippen LogP contribution is -2.27. The average molecular weight is 249 g/mol. The fourth-order valence-corrected chi connectivity index (χ4v) is 2.21. The molecule has 1 aromatic rings. The highest BCUT2D eigenvalue weighted by atomic mass is 79.9. The van der Waals surface area contributed by atoms with Crippen molar-refractivity contribution in [1.29, 1.82) is 0 Å². The topological polar surface area (TPSA) is 38.9 Å². The molecule has 0 unspecified atom stereocenters. The molecule has 1 aromatic heterocycles. The van der Waals surface area contributed by atoms with Gasteiger partial charge in [0.1, 0.15) is 9.61 Å². The van der Waals surface area contributed by atoms with Gasteiger partial charge in [0.2, 0.25) is 0 Å². The fourth-order valence-electron chi connectivity index (χ4n) is 0.755. The predicted molar refractivity (Wildman–Crippen MR) is 56.6 cm³/mol. The Morgan fingerprint density at radius 3 is 2.50 bits per heavy atom. The molecule has 0 aliphatic heterocycles. The molecule has 1 rings (SSSR count). The van der Waals surface area contributed by atoms with Gasteiger partial charge < -0.3 is 5.73 Å². The second-order valence-electron chi connectivity index (χ2n) is 3.45. The van der Waals surface area contributed by atoms with Crippen molar-refractivity contribution in [2.24, 2.45) is 5.73 Å². The number of rotatable bonds is 2. The van der Waals surface area contributed by atoms with E-state index in [0.29, 0.717) is 6.54 Å². The number of nitrogens with zero attached hydrogens (tertiary/aromatic N) is 1. The van der Waals surface area contributed by atoms with Crippen molar-refractivity contribution in [3.63, 3.8) is 0 Å². The Kier molecular flexibility index (Phi) is 2.91. The van der Waals surface area contributed by atoms with E-state index in [2.05, 4.69) is 41.7 Å². The molecule has 68 valence electrons. The standard InChI is InChI=1S/C8H13BrN2S/c1-5-6(9)11-7(12-5)8(2,3)4-10/h4,10H2,1-3H3. The van der Waals surface area contributed by atoms with Crippen molar-refractivity contribution in [3.8, 4) is 0 Å². The van der Waals surface area contributed by atoms with E-state index >= 15 is 0 Å². The molecule has 0 atom stereocenters. The average Bonchev–Trinajstić information content (AvgIpc) is 2.33. The number of nitrogens with two attached hydrogens (primary N) is 1. The molecule has 0 amide bonds. The number of halogens is 1. The molecule has 0 radical (unpaired) electrons. The van der Waals surface area contributed by atoms with Gasteiger partial charge in [-0.2, -0.15) is 0 Å². The van der Waals surface area contributed by atoms with E-state index in [-0.39, 0.29) is 5.41 Å². The first-order valence-electron chi connectivity index (χ1n) is 3.81. The van der Waals surface area contributed by atoms with Gasteiger partial charge in [-0.15, -0.1) is 11.3 Å². The summed E-state index contributed by atoms with van der Waals surface area (Å²) in [7, 11) is 0. The molecule has 0 aliphatic rings. The summed E-state index contributed by atoms with van der Waals surface area (Å²) in [6.07, 6.45) is 0. The maximum absolute atomic E-state index is 5.65. The third-order valence-corrected chi connectivity index (χ3v) is 4.20. The largest absolute Gasteiger partial charge is 0.330 e. The highest BCUT2D eigenvalue weighted by Crippen LogP contribution is 2.30. The number of thiazole rings is 1. The summed E-state index contributed by atoms with van der Waals surface area (Å²) < 4.78 is 0.948. The first kappa shape index (κ1) is 10.2. The van der Waals surface area contributed by atoms with E-state index in [9.17, 15) is 0 Å². The van der Waals surface area contributed by atoms with Crippen LogP contribution < -0.4 is 5.73 Å². The first-order valence-corrected chi connectivity index (χ1v) is 5.42.